The van der Waals surface area contributed by atoms with Gasteiger partial charge in [0.25, 0.3) is 0 Å². The Bertz CT molecular complexity index is 879. The summed E-state index contributed by atoms with van der Waals surface area (Å²) in [6.45, 7) is 0.876. The van der Waals surface area contributed by atoms with Crippen molar-refractivity contribution in [2.24, 2.45) is 0 Å². The molecule has 0 spiro atoms. The highest BCUT2D eigenvalue weighted by molar-refractivity contribution is 7.89. The summed E-state index contributed by atoms with van der Waals surface area (Å²) in [5.74, 6) is -1.07. The molecule has 0 radical (unpaired) electrons. The summed E-state index contributed by atoms with van der Waals surface area (Å²) in [5, 5.41) is 8.83. The number of hydrogen-bond acceptors (Lipinski definition) is 5. The van der Waals surface area contributed by atoms with E-state index in [-0.39, 0.29) is 17.0 Å². The van der Waals surface area contributed by atoms with Gasteiger partial charge in [-0.1, -0.05) is 6.07 Å². The van der Waals surface area contributed by atoms with Crippen molar-refractivity contribution in [2.75, 3.05) is 18.5 Å². The number of anilines is 1. The first kappa shape index (κ1) is 16.4. The number of carboxylic acids is 1. The number of pyridine rings is 1. The predicted octanol–water partition coefficient (Wildman–Crippen LogP) is 1.25. The lowest BCUT2D eigenvalue weighted by molar-refractivity contribution is 0.0696. The zero-order valence-electron chi connectivity index (χ0n) is 13.1. The van der Waals surface area contributed by atoms with Crippen molar-refractivity contribution in [1.29, 1.82) is 0 Å². The van der Waals surface area contributed by atoms with E-state index in [1.54, 1.807) is 12.1 Å². The Kier molecular flexibility index (Phi) is 4.25. The number of carbonyl (C=O) groups is 1. The zero-order valence-corrected chi connectivity index (χ0v) is 13.9. The van der Waals surface area contributed by atoms with Gasteiger partial charge in [0.05, 0.1) is 22.7 Å². The van der Waals surface area contributed by atoms with Crippen LogP contribution in [0.2, 0.25) is 0 Å². The molecule has 0 amide bonds. The second-order valence-electron chi connectivity index (χ2n) is 5.63. The minimum Gasteiger partial charge on any atom is -0.478 e. The van der Waals surface area contributed by atoms with Gasteiger partial charge in [0.1, 0.15) is 0 Å². The van der Waals surface area contributed by atoms with Gasteiger partial charge >= 0.3 is 5.97 Å². The highest BCUT2D eigenvalue weighted by atomic mass is 32.2. The molecular formula is C16H17N3O4S. The van der Waals surface area contributed by atoms with E-state index in [0.717, 1.165) is 24.2 Å². The number of aromatic nitrogens is 1. The number of hydrogen-bond donors (Lipinski definition) is 2. The molecule has 8 heteroatoms. The van der Waals surface area contributed by atoms with E-state index in [9.17, 15) is 13.2 Å². The molecule has 0 atom stereocenters. The lowest BCUT2D eigenvalue weighted by atomic mass is 10.2. The van der Waals surface area contributed by atoms with Crippen molar-refractivity contribution in [2.45, 2.75) is 17.9 Å². The fourth-order valence-electron chi connectivity index (χ4n) is 2.59. The summed E-state index contributed by atoms with van der Waals surface area (Å²) in [4.78, 5) is 17.0. The summed E-state index contributed by atoms with van der Waals surface area (Å²) in [7, 11) is -1.73. The molecule has 0 bridgehead atoms. The third-order valence-electron chi connectivity index (χ3n) is 4.01. The van der Waals surface area contributed by atoms with E-state index in [4.69, 9.17) is 5.11 Å². The smallest absolute Gasteiger partial charge is 0.337 e. The summed E-state index contributed by atoms with van der Waals surface area (Å²) in [6, 6.07) is 7.99. The monoisotopic (exact) mass is 347 g/mol. The summed E-state index contributed by atoms with van der Waals surface area (Å²) in [6.07, 6.45) is 2.12. The number of fused-ring (bicyclic) bond motifs is 1. The molecule has 0 saturated carbocycles. The van der Waals surface area contributed by atoms with Crippen LogP contribution in [0.3, 0.4) is 0 Å². The third-order valence-corrected chi connectivity index (χ3v) is 5.41. The Morgan fingerprint density at radius 3 is 2.79 bits per heavy atom. The van der Waals surface area contributed by atoms with Gasteiger partial charge in [-0.15, -0.1) is 0 Å². The average Bonchev–Trinajstić information content (AvgIpc) is 2.94. The molecule has 24 heavy (non-hydrogen) atoms. The van der Waals surface area contributed by atoms with Crippen molar-refractivity contribution >= 4 is 21.7 Å². The lowest BCUT2D eigenvalue weighted by Crippen LogP contribution is -2.24. The molecule has 0 saturated heterocycles. The first-order valence-electron chi connectivity index (χ1n) is 7.39. The topological polar surface area (TPSA) is 99.6 Å². The van der Waals surface area contributed by atoms with E-state index in [1.807, 2.05) is 18.0 Å². The standard InChI is InChI=1S/C16H17N3O4S/c1-19-7-6-11-3-5-14(8-15(11)19)24(22,23)18-10-13-4-2-12(9-17-13)16(20)21/h2-5,8-9,18H,6-7,10H2,1H3,(H,20,21). The van der Waals surface area contributed by atoms with E-state index in [0.29, 0.717) is 5.69 Å². The molecule has 0 fully saturated rings. The van der Waals surface area contributed by atoms with E-state index < -0.39 is 16.0 Å². The highest BCUT2D eigenvalue weighted by Gasteiger charge is 2.21. The molecule has 1 aromatic heterocycles. The van der Waals surface area contributed by atoms with Gasteiger partial charge in [-0.2, -0.15) is 0 Å². The van der Waals surface area contributed by atoms with Crippen LogP contribution in [0.4, 0.5) is 5.69 Å². The Labute approximate surface area is 140 Å². The number of carboxylic acid groups (broad SMARTS) is 1. The summed E-state index contributed by atoms with van der Waals surface area (Å²) in [5.41, 5.74) is 2.58. The molecule has 1 aliphatic rings. The van der Waals surface area contributed by atoms with Gasteiger partial charge in [-0.25, -0.2) is 17.9 Å². The number of likely N-dealkylation sites (N-methyl/N-ethyl adjacent to an activating group) is 1. The maximum Gasteiger partial charge on any atom is 0.337 e. The maximum atomic E-state index is 12.4. The second-order valence-corrected chi connectivity index (χ2v) is 7.40. The molecule has 7 nitrogen and oxygen atoms in total. The van der Waals surface area contributed by atoms with E-state index >= 15 is 0 Å². The highest BCUT2D eigenvalue weighted by Crippen LogP contribution is 2.29. The number of nitrogens with zero attached hydrogens (tertiary/aromatic N) is 2. The van der Waals surface area contributed by atoms with Crippen molar-refractivity contribution in [3.8, 4) is 0 Å². The normalized spacial score (nSPS) is 13.8. The zero-order chi connectivity index (χ0) is 17.3. The number of rotatable bonds is 5. The number of benzene rings is 1. The molecule has 1 aliphatic heterocycles. The molecular weight excluding hydrogens is 330 g/mol. The van der Waals surface area contributed by atoms with Gasteiger partial charge < -0.3 is 10.0 Å². The first-order chi connectivity index (χ1) is 11.4. The van der Waals surface area contributed by atoms with Crippen molar-refractivity contribution in [3.05, 3.63) is 53.3 Å². The average molecular weight is 347 g/mol. The number of nitrogens with one attached hydrogen (secondary N) is 1. The fraction of sp³-hybridized carbons (Fsp3) is 0.250. The van der Waals surface area contributed by atoms with Crippen LogP contribution in [-0.2, 0) is 23.0 Å². The molecule has 126 valence electrons. The molecule has 0 aliphatic carbocycles. The van der Waals surface area contributed by atoms with Gasteiger partial charge in [0, 0.05) is 25.5 Å². The Morgan fingerprint density at radius 2 is 2.12 bits per heavy atom. The second kappa shape index (κ2) is 6.21. The molecule has 2 N–H and O–H groups in total. The van der Waals surface area contributed by atoms with Crippen LogP contribution in [0.25, 0.3) is 0 Å². The lowest BCUT2D eigenvalue weighted by Gasteiger charge is -2.13. The van der Waals surface area contributed by atoms with E-state index in [2.05, 4.69) is 9.71 Å². The van der Waals surface area contributed by atoms with Crippen LogP contribution >= 0.6 is 0 Å². The van der Waals surface area contributed by atoms with Gasteiger partial charge in [-0.05, 0) is 36.2 Å². The molecule has 0 unspecified atom stereocenters. The van der Waals surface area contributed by atoms with Crippen molar-refractivity contribution in [1.82, 2.24) is 9.71 Å². The molecule has 2 heterocycles. The Hall–Kier alpha value is -2.45. The van der Waals surface area contributed by atoms with Gasteiger partial charge in [-0.3, -0.25) is 4.98 Å². The van der Waals surface area contributed by atoms with Crippen LogP contribution < -0.4 is 9.62 Å². The van der Waals surface area contributed by atoms with Crippen LogP contribution in [0, 0.1) is 0 Å². The minimum absolute atomic E-state index is 0.00481. The fourth-order valence-corrected chi connectivity index (χ4v) is 3.61. The van der Waals surface area contributed by atoms with Crippen LogP contribution in [0.1, 0.15) is 21.6 Å². The Morgan fingerprint density at radius 1 is 1.33 bits per heavy atom. The van der Waals surface area contributed by atoms with Gasteiger partial charge in [0.2, 0.25) is 10.0 Å². The van der Waals surface area contributed by atoms with E-state index in [1.165, 1.54) is 18.3 Å². The summed E-state index contributed by atoms with van der Waals surface area (Å²) >= 11 is 0. The number of sulfonamides is 1. The summed E-state index contributed by atoms with van der Waals surface area (Å²) < 4.78 is 27.4. The number of aromatic carboxylic acids is 1. The molecule has 3 rings (SSSR count). The maximum absolute atomic E-state index is 12.4. The van der Waals surface area contributed by atoms with Crippen LogP contribution in [0.5, 0.6) is 0 Å². The minimum atomic E-state index is -3.66. The Balaban J connectivity index is 1.74. The van der Waals surface area contributed by atoms with Crippen molar-refractivity contribution < 1.29 is 18.3 Å². The molecule has 2 aromatic rings. The first-order valence-corrected chi connectivity index (χ1v) is 8.87. The predicted molar refractivity (Wildman–Crippen MR) is 88.6 cm³/mol. The van der Waals surface area contributed by atoms with Gasteiger partial charge in [0.15, 0.2) is 0 Å². The quantitative estimate of drug-likeness (QED) is 0.844. The third kappa shape index (κ3) is 3.24. The SMILES string of the molecule is CN1CCc2ccc(S(=O)(=O)NCc3ccc(C(=O)O)cn3)cc21. The largest absolute Gasteiger partial charge is 0.478 e. The van der Waals surface area contributed by atoms with Crippen LogP contribution in [0.15, 0.2) is 41.4 Å². The van der Waals surface area contributed by atoms with Crippen molar-refractivity contribution in [3.63, 3.8) is 0 Å². The molecule has 1 aromatic carbocycles. The van der Waals surface area contributed by atoms with Crippen LogP contribution in [-0.4, -0.2) is 38.1 Å².